The highest BCUT2D eigenvalue weighted by molar-refractivity contribution is 9.10. The summed E-state index contributed by atoms with van der Waals surface area (Å²) in [6.07, 6.45) is 0. The second kappa shape index (κ2) is 6.76. The van der Waals surface area contributed by atoms with Crippen LogP contribution in [0.1, 0.15) is 6.92 Å². The van der Waals surface area contributed by atoms with Gasteiger partial charge in [-0.2, -0.15) is 0 Å². The zero-order valence-corrected chi connectivity index (χ0v) is 14.8. The molecule has 4 nitrogen and oxygen atoms in total. The molecular weight excluding hydrogens is 376 g/mol. The molecule has 2 amide bonds. The standard InChI is InChI=1S/C17H15BrN2O2S/c1-10(16(21)19-12-8-6-11(18)7-9-12)15-17(22)20-13-4-2-3-5-14(13)23-15/h2-10,15H,1H3,(H,19,21)(H,20,22)/t10-,15+/m1/s1. The van der Waals surface area contributed by atoms with Gasteiger partial charge in [0.05, 0.1) is 16.9 Å². The van der Waals surface area contributed by atoms with Gasteiger partial charge in [0, 0.05) is 15.1 Å². The normalized spacial score (nSPS) is 17.8. The largest absolute Gasteiger partial charge is 0.326 e. The van der Waals surface area contributed by atoms with Gasteiger partial charge in [-0.25, -0.2) is 0 Å². The Balaban J connectivity index is 1.72. The average molecular weight is 391 g/mol. The Hall–Kier alpha value is -1.79. The summed E-state index contributed by atoms with van der Waals surface area (Å²) in [5.74, 6) is -0.747. The smallest absolute Gasteiger partial charge is 0.238 e. The van der Waals surface area contributed by atoms with Crippen molar-refractivity contribution in [3.63, 3.8) is 0 Å². The highest BCUT2D eigenvalue weighted by atomic mass is 79.9. The lowest BCUT2D eigenvalue weighted by Crippen LogP contribution is -2.39. The minimum Gasteiger partial charge on any atom is -0.326 e. The van der Waals surface area contributed by atoms with E-state index in [0.29, 0.717) is 5.69 Å². The van der Waals surface area contributed by atoms with Crippen LogP contribution in [0, 0.1) is 5.92 Å². The van der Waals surface area contributed by atoms with Crippen LogP contribution in [0.25, 0.3) is 0 Å². The summed E-state index contributed by atoms with van der Waals surface area (Å²) < 4.78 is 0.947. The maximum Gasteiger partial charge on any atom is 0.238 e. The molecule has 0 aliphatic carbocycles. The lowest BCUT2D eigenvalue weighted by molar-refractivity contribution is -0.123. The van der Waals surface area contributed by atoms with Crippen molar-refractivity contribution in [2.75, 3.05) is 10.6 Å². The molecule has 118 valence electrons. The van der Waals surface area contributed by atoms with Gasteiger partial charge in [0.1, 0.15) is 0 Å². The van der Waals surface area contributed by atoms with Crippen LogP contribution >= 0.6 is 27.7 Å². The Bertz CT molecular complexity index is 749. The zero-order valence-electron chi connectivity index (χ0n) is 12.4. The molecule has 23 heavy (non-hydrogen) atoms. The van der Waals surface area contributed by atoms with Gasteiger partial charge < -0.3 is 10.6 Å². The van der Waals surface area contributed by atoms with E-state index in [9.17, 15) is 9.59 Å². The topological polar surface area (TPSA) is 58.2 Å². The molecule has 0 saturated heterocycles. The lowest BCUT2D eigenvalue weighted by Gasteiger charge is -2.27. The first-order chi connectivity index (χ1) is 11.0. The molecule has 2 atom stereocenters. The predicted molar refractivity (Wildman–Crippen MR) is 96.7 cm³/mol. The van der Waals surface area contributed by atoms with Crippen molar-refractivity contribution in [1.82, 2.24) is 0 Å². The Morgan fingerprint density at radius 2 is 1.91 bits per heavy atom. The van der Waals surface area contributed by atoms with Gasteiger partial charge in [0.15, 0.2) is 0 Å². The number of fused-ring (bicyclic) bond motifs is 1. The molecule has 0 unspecified atom stereocenters. The molecule has 2 aromatic carbocycles. The van der Waals surface area contributed by atoms with Crippen molar-refractivity contribution < 1.29 is 9.59 Å². The van der Waals surface area contributed by atoms with Gasteiger partial charge >= 0.3 is 0 Å². The Morgan fingerprint density at radius 3 is 2.65 bits per heavy atom. The van der Waals surface area contributed by atoms with Crippen LogP contribution in [0.15, 0.2) is 57.9 Å². The fraction of sp³-hybridized carbons (Fsp3) is 0.176. The molecule has 6 heteroatoms. The van der Waals surface area contributed by atoms with Crippen molar-refractivity contribution >= 4 is 50.9 Å². The maximum absolute atomic E-state index is 12.4. The third-order valence-corrected chi connectivity index (χ3v) is 5.65. The lowest BCUT2D eigenvalue weighted by atomic mass is 10.1. The molecule has 0 fully saturated rings. The Labute approximate surface area is 147 Å². The molecule has 0 aromatic heterocycles. The Morgan fingerprint density at radius 1 is 1.22 bits per heavy atom. The molecule has 1 heterocycles. The van der Waals surface area contributed by atoms with E-state index in [4.69, 9.17) is 0 Å². The fourth-order valence-electron chi connectivity index (χ4n) is 2.32. The summed E-state index contributed by atoms with van der Waals surface area (Å²) in [6.45, 7) is 1.78. The second-order valence-corrected chi connectivity index (χ2v) is 7.41. The monoisotopic (exact) mass is 390 g/mol. The van der Waals surface area contributed by atoms with E-state index in [0.717, 1.165) is 15.1 Å². The fourth-order valence-corrected chi connectivity index (χ4v) is 3.76. The molecule has 3 rings (SSSR count). The third-order valence-electron chi connectivity index (χ3n) is 3.64. The number of benzene rings is 2. The number of nitrogens with one attached hydrogen (secondary N) is 2. The van der Waals surface area contributed by atoms with Crippen LogP contribution in [0.4, 0.5) is 11.4 Å². The molecule has 0 spiro atoms. The van der Waals surface area contributed by atoms with E-state index in [1.807, 2.05) is 48.5 Å². The number of hydrogen-bond acceptors (Lipinski definition) is 3. The van der Waals surface area contributed by atoms with E-state index < -0.39 is 11.2 Å². The highest BCUT2D eigenvalue weighted by Crippen LogP contribution is 2.38. The zero-order chi connectivity index (χ0) is 16.4. The first-order valence-corrected chi connectivity index (χ1v) is 8.85. The number of carbonyl (C=O) groups excluding carboxylic acids is 2. The van der Waals surface area contributed by atoms with Crippen LogP contribution in [0.3, 0.4) is 0 Å². The van der Waals surface area contributed by atoms with Gasteiger partial charge in [-0.3, -0.25) is 9.59 Å². The minimum absolute atomic E-state index is 0.132. The van der Waals surface area contributed by atoms with Gasteiger partial charge in [0.25, 0.3) is 0 Å². The van der Waals surface area contributed by atoms with Crippen LogP contribution in [0.2, 0.25) is 0 Å². The molecule has 2 aromatic rings. The van der Waals surface area contributed by atoms with Gasteiger partial charge in [-0.15, -0.1) is 11.8 Å². The average Bonchev–Trinajstić information content (AvgIpc) is 2.55. The molecule has 1 aliphatic heterocycles. The molecular formula is C17H15BrN2O2S. The van der Waals surface area contributed by atoms with E-state index in [-0.39, 0.29) is 11.8 Å². The predicted octanol–water partition coefficient (Wildman–Crippen LogP) is 4.14. The minimum atomic E-state index is -0.447. The van der Waals surface area contributed by atoms with Gasteiger partial charge in [-0.1, -0.05) is 35.0 Å². The third kappa shape index (κ3) is 3.59. The number of amides is 2. The first kappa shape index (κ1) is 16.1. The highest BCUT2D eigenvalue weighted by Gasteiger charge is 2.35. The quantitative estimate of drug-likeness (QED) is 0.827. The summed E-state index contributed by atoms with van der Waals surface area (Å²) in [6, 6.07) is 15.0. The molecule has 0 radical (unpaired) electrons. The summed E-state index contributed by atoms with van der Waals surface area (Å²) in [4.78, 5) is 25.7. The number of rotatable bonds is 3. The van der Waals surface area contributed by atoms with Crippen molar-refractivity contribution in [2.24, 2.45) is 5.92 Å². The van der Waals surface area contributed by atoms with Crippen molar-refractivity contribution in [2.45, 2.75) is 17.1 Å². The summed E-state index contributed by atoms with van der Waals surface area (Å²) >= 11 is 4.79. The number of para-hydroxylation sites is 1. The van der Waals surface area contributed by atoms with E-state index in [1.165, 1.54) is 11.8 Å². The summed E-state index contributed by atoms with van der Waals surface area (Å²) in [5.41, 5.74) is 1.52. The van der Waals surface area contributed by atoms with Crippen LogP contribution < -0.4 is 10.6 Å². The number of thioether (sulfide) groups is 1. The number of hydrogen-bond donors (Lipinski definition) is 2. The number of anilines is 2. The summed E-state index contributed by atoms with van der Waals surface area (Å²) in [5, 5.41) is 5.28. The SMILES string of the molecule is C[C@@H](C(=O)Nc1ccc(Br)cc1)[C@@H]1Sc2ccccc2NC1=O. The van der Waals surface area contributed by atoms with Crippen molar-refractivity contribution in [1.29, 1.82) is 0 Å². The van der Waals surface area contributed by atoms with Gasteiger partial charge in [-0.05, 0) is 36.4 Å². The molecule has 0 bridgehead atoms. The van der Waals surface area contributed by atoms with E-state index in [1.54, 1.807) is 6.92 Å². The molecule has 0 saturated carbocycles. The summed E-state index contributed by atoms with van der Waals surface area (Å²) in [7, 11) is 0. The number of carbonyl (C=O) groups is 2. The van der Waals surface area contributed by atoms with Gasteiger partial charge in [0.2, 0.25) is 11.8 Å². The molecule has 1 aliphatic rings. The Kier molecular flexibility index (Phi) is 4.73. The van der Waals surface area contributed by atoms with E-state index in [2.05, 4.69) is 26.6 Å². The first-order valence-electron chi connectivity index (χ1n) is 7.17. The van der Waals surface area contributed by atoms with Crippen LogP contribution in [-0.4, -0.2) is 17.1 Å². The maximum atomic E-state index is 12.4. The van der Waals surface area contributed by atoms with Crippen LogP contribution in [0.5, 0.6) is 0 Å². The van der Waals surface area contributed by atoms with E-state index >= 15 is 0 Å². The van der Waals surface area contributed by atoms with Crippen molar-refractivity contribution in [3.05, 3.63) is 53.0 Å². The van der Waals surface area contributed by atoms with Crippen molar-refractivity contribution in [3.8, 4) is 0 Å². The van der Waals surface area contributed by atoms with Crippen LogP contribution in [-0.2, 0) is 9.59 Å². The molecule has 2 N–H and O–H groups in total. The number of halogens is 1. The second-order valence-electron chi connectivity index (χ2n) is 5.31.